The maximum Gasteiger partial charge on any atom is 0.340 e. The van der Waals surface area contributed by atoms with Gasteiger partial charge in [0.25, 0.3) is 5.91 Å². The van der Waals surface area contributed by atoms with E-state index in [9.17, 15) is 18.0 Å². The van der Waals surface area contributed by atoms with Crippen LogP contribution in [0.3, 0.4) is 0 Å². The molecule has 1 amide bonds. The van der Waals surface area contributed by atoms with Gasteiger partial charge in [-0.3, -0.25) is 9.10 Å². The van der Waals surface area contributed by atoms with E-state index in [2.05, 4.69) is 5.32 Å². The Bertz CT molecular complexity index is 1180. The Hall–Kier alpha value is -3.67. The molecular weight excluding hydrogens is 468 g/mol. The second-order valence-electron chi connectivity index (χ2n) is 6.85. The standard InChI is InChI=1S/C22H28N2O9S/c1-8-24(34(7,27)28)16-12-20(32-5)18(30-3)10-14(16)21(25)23-15-11-19(31-4)17(29-2)9-13(15)22(26)33-6/h9-12H,8H2,1-7H3,(H,23,25). The minimum Gasteiger partial charge on any atom is -0.493 e. The van der Waals surface area contributed by atoms with Crippen LogP contribution < -0.4 is 28.6 Å². The molecule has 2 aromatic rings. The number of amides is 1. The first-order chi connectivity index (χ1) is 16.1. The number of anilines is 2. The molecule has 2 aromatic carbocycles. The lowest BCUT2D eigenvalue weighted by Crippen LogP contribution is -2.31. The molecule has 34 heavy (non-hydrogen) atoms. The van der Waals surface area contributed by atoms with E-state index in [1.165, 1.54) is 59.8 Å². The number of benzene rings is 2. The van der Waals surface area contributed by atoms with Crippen molar-refractivity contribution in [3.05, 3.63) is 35.4 Å². The zero-order chi connectivity index (χ0) is 25.6. The molecule has 0 saturated heterocycles. The number of hydrogen-bond acceptors (Lipinski definition) is 9. The number of carbonyl (C=O) groups excluding carboxylic acids is 2. The van der Waals surface area contributed by atoms with E-state index in [-0.39, 0.29) is 52.0 Å². The van der Waals surface area contributed by atoms with Gasteiger partial charge >= 0.3 is 5.97 Å². The summed E-state index contributed by atoms with van der Waals surface area (Å²) in [5, 5.41) is 2.63. The van der Waals surface area contributed by atoms with Crippen LogP contribution in [0.2, 0.25) is 0 Å². The fraction of sp³-hybridized carbons (Fsp3) is 0.364. The monoisotopic (exact) mass is 496 g/mol. The van der Waals surface area contributed by atoms with Crippen LogP contribution in [0.5, 0.6) is 23.0 Å². The van der Waals surface area contributed by atoms with Gasteiger partial charge in [0.05, 0.1) is 64.3 Å². The third-order valence-electron chi connectivity index (χ3n) is 4.88. The maximum atomic E-state index is 13.4. The Morgan fingerprint density at radius 3 is 1.74 bits per heavy atom. The largest absolute Gasteiger partial charge is 0.493 e. The first kappa shape index (κ1) is 26.6. The van der Waals surface area contributed by atoms with E-state index < -0.39 is 21.9 Å². The van der Waals surface area contributed by atoms with Crippen LogP contribution in [0.25, 0.3) is 0 Å². The van der Waals surface area contributed by atoms with E-state index >= 15 is 0 Å². The van der Waals surface area contributed by atoms with Crippen LogP contribution in [-0.4, -0.2) is 68.6 Å². The van der Waals surface area contributed by atoms with Gasteiger partial charge < -0.3 is 29.0 Å². The highest BCUT2D eigenvalue weighted by Gasteiger charge is 2.27. The van der Waals surface area contributed by atoms with Gasteiger partial charge in [-0.05, 0) is 13.0 Å². The predicted molar refractivity (Wildman–Crippen MR) is 126 cm³/mol. The van der Waals surface area contributed by atoms with Crippen LogP contribution in [0.15, 0.2) is 24.3 Å². The van der Waals surface area contributed by atoms with Gasteiger partial charge in [-0.25, -0.2) is 13.2 Å². The average molecular weight is 497 g/mol. The number of nitrogens with zero attached hydrogens (tertiary/aromatic N) is 1. The molecule has 0 heterocycles. The average Bonchev–Trinajstić information content (AvgIpc) is 2.82. The molecule has 0 aromatic heterocycles. The maximum absolute atomic E-state index is 13.4. The van der Waals surface area contributed by atoms with Gasteiger partial charge in [-0.15, -0.1) is 0 Å². The van der Waals surface area contributed by atoms with Crippen LogP contribution in [0, 0.1) is 0 Å². The predicted octanol–water partition coefficient (Wildman–Crippen LogP) is 2.55. The molecule has 0 bridgehead atoms. The number of methoxy groups -OCH3 is 5. The van der Waals surface area contributed by atoms with Gasteiger partial charge in [-0.1, -0.05) is 0 Å². The molecule has 0 aliphatic rings. The summed E-state index contributed by atoms with van der Waals surface area (Å²) >= 11 is 0. The molecule has 12 heteroatoms. The molecule has 0 unspecified atom stereocenters. The molecule has 0 spiro atoms. The number of ether oxygens (including phenoxy) is 5. The summed E-state index contributed by atoms with van der Waals surface area (Å²) in [5.41, 5.74) is 0.111. The van der Waals surface area contributed by atoms with Crippen LogP contribution in [0.4, 0.5) is 11.4 Å². The molecule has 0 saturated carbocycles. The summed E-state index contributed by atoms with van der Waals surface area (Å²) in [7, 11) is 3.04. The number of nitrogens with one attached hydrogen (secondary N) is 1. The Balaban J connectivity index is 2.71. The Morgan fingerprint density at radius 1 is 0.824 bits per heavy atom. The van der Waals surface area contributed by atoms with Crippen molar-refractivity contribution in [3.8, 4) is 23.0 Å². The van der Waals surface area contributed by atoms with E-state index in [1.54, 1.807) is 6.92 Å². The lowest BCUT2D eigenvalue weighted by Gasteiger charge is -2.24. The van der Waals surface area contributed by atoms with Crippen molar-refractivity contribution in [1.29, 1.82) is 0 Å². The van der Waals surface area contributed by atoms with Crippen LogP contribution >= 0.6 is 0 Å². The van der Waals surface area contributed by atoms with Crippen LogP contribution in [0.1, 0.15) is 27.6 Å². The van der Waals surface area contributed by atoms with Crippen molar-refractivity contribution in [2.75, 3.05) is 58.0 Å². The summed E-state index contributed by atoms with van der Waals surface area (Å²) in [5.74, 6) is -0.490. The lowest BCUT2D eigenvalue weighted by atomic mass is 10.1. The highest BCUT2D eigenvalue weighted by Crippen LogP contribution is 2.38. The van der Waals surface area contributed by atoms with E-state index in [0.717, 1.165) is 10.6 Å². The SMILES string of the molecule is CCN(c1cc(OC)c(OC)cc1C(=O)Nc1cc(OC)c(OC)cc1C(=O)OC)S(C)(=O)=O. The molecule has 0 radical (unpaired) electrons. The molecule has 1 N–H and O–H groups in total. The number of esters is 1. The fourth-order valence-corrected chi connectivity index (χ4v) is 4.27. The van der Waals surface area contributed by atoms with E-state index in [4.69, 9.17) is 23.7 Å². The lowest BCUT2D eigenvalue weighted by molar-refractivity contribution is 0.0601. The van der Waals surface area contributed by atoms with Crippen molar-refractivity contribution in [1.82, 2.24) is 0 Å². The Labute approximate surface area is 198 Å². The normalized spacial score (nSPS) is 10.8. The topological polar surface area (TPSA) is 130 Å². The quantitative estimate of drug-likeness (QED) is 0.493. The minimum atomic E-state index is -3.74. The number of hydrogen-bond donors (Lipinski definition) is 1. The van der Waals surface area contributed by atoms with Gasteiger partial charge in [0.15, 0.2) is 23.0 Å². The van der Waals surface area contributed by atoms with E-state index in [0.29, 0.717) is 0 Å². The van der Waals surface area contributed by atoms with Crippen molar-refractivity contribution < 1.29 is 41.7 Å². The molecule has 11 nitrogen and oxygen atoms in total. The highest BCUT2D eigenvalue weighted by molar-refractivity contribution is 7.92. The van der Waals surface area contributed by atoms with Crippen molar-refractivity contribution in [2.24, 2.45) is 0 Å². The van der Waals surface area contributed by atoms with E-state index in [1.807, 2.05) is 0 Å². The number of carbonyl (C=O) groups is 2. The van der Waals surface area contributed by atoms with Crippen LogP contribution in [-0.2, 0) is 14.8 Å². The Kier molecular flexibility index (Phi) is 8.57. The molecule has 0 atom stereocenters. The van der Waals surface area contributed by atoms with Crippen molar-refractivity contribution in [3.63, 3.8) is 0 Å². The van der Waals surface area contributed by atoms with Gasteiger partial charge in [0.2, 0.25) is 10.0 Å². The summed E-state index contributed by atoms with van der Waals surface area (Å²) in [4.78, 5) is 25.8. The van der Waals surface area contributed by atoms with Crippen molar-refractivity contribution >= 4 is 33.3 Å². The second kappa shape index (κ2) is 11.0. The smallest absolute Gasteiger partial charge is 0.340 e. The second-order valence-corrected chi connectivity index (χ2v) is 8.76. The third-order valence-corrected chi connectivity index (χ3v) is 6.14. The summed E-state index contributed by atoms with van der Waals surface area (Å²) in [6.07, 6.45) is 1.03. The Morgan fingerprint density at radius 2 is 1.29 bits per heavy atom. The first-order valence-electron chi connectivity index (χ1n) is 9.95. The highest BCUT2D eigenvalue weighted by atomic mass is 32.2. The molecule has 0 fully saturated rings. The molecule has 186 valence electrons. The molecule has 0 aliphatic carbocycles. The summed E-state index contributed by atoms with van der Waals surface area (Å²) in [6, 6.07) is 5.52. The van der Waals surface area contributed by atoms with Gasteiger partial charge in [0, 0.05) is 24.7 Å². The summed E-state index contributed by atoms with van der Waals surface area (Å²) < 4.78 is 51.8. The van der Waals surface area contributed by atoms with Gasteiger partial charge in [-0.2, -0.15) is 0 Å². The minimum absolute atomic E-state index is 0.00554. The first-order valence-corrected chi connectivity index (χ1v) is 11.8. The molecular formula is C22H28N2O9S. The zero-order valence-electron chi connectivity index (χ0n) is 20.0. The van der Waals surface area contributed by atoms with Crippen molar-refractivity contribution in [2.45, 2.75) is 6.92 Å². The number of rotatable bonds is 10. The summed E-state index contributed by atoms with van der Waals surface area (Å²) in [6.45, 7) is 1.68. The number of sulfonamides is 1. The molecule has 2 rings (SSSR count). The molecule has 0 aliphatic heterocycles. The van der Waals surface area contributed by atoms with Gasteiger partial charge in [0.1, 0.15) is 0 Å². The third kappa shape index (κ3) is 5.45. The zero-order valence-corrected chi connectivity index (χ0v) is 20.9. The fourth-order valence-electron chi connectivity index (χ4n) is 3.29.